The lowest BCUT2D eigenvalue weighted by Crippen LogP contribution is -2.30. The first kappa shape index (κ1) is 19.1. The van der Waals surface area contributed by atoms with E-state index in [0.717, 1.165) is 18.6 Å². The monoisotopic (exact) mass is 387 g/mol. The van der Waals surface area contributed by atoms with Gasteiger partial charge in [0.15, 0.2) is 11.9 Å². The van der Waals surface area contributed by atoms with Crippen molar-refractivity contribution in [3.8, 4) is 17.2 Å². The van der Waals surface area contributed by atoms with Gasteiger partial charge in [0, 0.05) is 0 Å². The molecule has 0 saturated heterocycles. The number of amides is 1. The van der Waals surface area contributed by atoms with E-state index in [4.69, 9.17) is 9.47 Å². The van der Waals surface area contributed by atoms with Gasteiger partial charge in [-0.3, -0.25) is 4.79 Å². The number of fused-ring (bicyclic) bond motifs is 1. The fourth-order valence-corrected chi connectivity index (χ4v) is 3.55. The van der Waals surface area contributed by atoms with Crippen LogP contribution in [0.2, 0.25) is 0 Å². The minimum Gasteiger partial charge on any atom is -0.481 e. The van der Waals surface area contributed by atoms with E-state index in [9.17, 15) is 4.79 Å². The van der Waals surface area contributed by atoms with Crippen LogP contribution in [0.15, 0.2) is 72.8 Å². The highest BCUT2D eigenvalue weighted by molar-refractivity contribution is 5.95. The van der Waals surface area contributed by atoms with E-state index in [1.807, 2.05) is 60.7 Å². The van der Waals surface area contributed by atoms with Crippen LogP contribution in [0.1, 0.15) is 30.9 Å². The molecule has 3 aromatic carbocycles. The largest absolute Gasteiger partial charge is 0.481 e. The zero-order valence-corrected chi connectivity index (χ0v) is 16.6. The summed E-state index contributed by atoms with van der Waals surface area (Å²) in [6.45, 7) is 1.76. The molecule has 1 amide bonds. The Morgan fingerprint density at radius 1 is 0.862 bits per heavy atom. The highest BCUT2D eigenvalue weighted by Crippen LogP contribution is 2.30. The molecule has 1 atom stereocenters. The number of aryl methyl sites for hydroxylation is 2. The minimum absolute atomic E-state index is 0.216. The van der Waals surface area contributed by atoms with Crippen molar-refractivity contribution >= 4 is 11.6 Å². The molecule has 29 heavy (non-hydrogen) atoms. The van der Waals surface area contributed by atoms with E-state index in [2.05, 4.69) is 17.4 Å². The van der Waals surface area contributed by atoms with Gasteiger partial charge in [-0.1, -0.05) is 36.4 Å². The summed E-state index contributed by atoms with van der Waals surface area (Å²) in [5.74, 6) is 1.83. The Bertz CT molecular complexity index is 984. The van der Waals surface area contributed by atoms with Gasteiger partial charge in [-0.15, -0.1) is 0 Å². The van der Waals surface area contributed by atoms with Gasteiger partial charge in [0.25, 0.3) is 5.91 Å². The summed E-state index contributed by atoms with van der Waals surface area (Å²) in [4.78, 5) is 12.7. The maximum atomic E-state index is 12.7. The number of rotatable bonds is 6. The molecular weight excluding hydrogens is 362 g/mol. The lowest BCUT2D eigenvalue weighted by Gasteiger charge is -2.19. The third kappa shape index (κ3) is 4.77. The first-order valence-electron chi connectivity index (χ1n) is 10.1. The van der Waals surface area contributed by atoms with Gasteiger partial charge in [0.1, 0.15) is 11.5 Å². The molecule has 1 N–H and O–H groups in total. The average molecular weight is 387 g/mol. The van der Waals surface area contributed by atoms with Gasteiger partial charge in [-0.05, 0) is 80.1 Å². The summed E-state index contributed by atoms with van der Waals surface area (Å²) in [6, 6.07) is 23.0. The van der Waals surface area contributed by atoms with E-state index in [0.29, 0.717) is 17.2 Å². The van der Waals surface area contributed by atoms with Crippen molar-refractivity contribution in [2.24, 2.45) is 0 Å². The number of ether oxygens (including phenoxy) is 2. The van der Waals surface area contributed by atoms with Gasteiger partial charge >= 0.3 is 0 Å². The fourth-order valence-electron chi connectivity index (χ4n) is 3.55. The summed E-state index contributed by atoms with van der Waals surface area (Å²) in [7, 11) is 0. The second kappa shape index (κ2) is 8.82. The maximum absolute atomic E-state index is 12.7. The van der Waals surface area contributed by atoms with Crippen LogP contribution in [0, 0.1) is 0 Å². The van der Waals surface area contributed by atoms with E-state index in [-0.39, 0.29) is 5.91 Å². The van der Waals surface area contributed by atoms with Crippen LogP contribution in [0.3, 0.4) is 0 Å². The first-order valence-corrected chi connectivity index (χ1v) is 10.1. The van der Waals surface area contributed by atoms with Crippen LogP contribution in [-0.4, -0.2) is 12.0 Å². The van der Waals surface area contributed by atoms with Crippen LogP contribution < -0.4 is 14.8 Å². The van der Waals surface area contributed by atoms with Gasteiger partial charge in [0.05, 0.1) is 5.69 Å². The predicted molar refractivity (Wildman–Crippen MR) is 115 cm³/mol. The number of anilines is 1. The molecule has 0 bridgehead atoms. The fraction of sp³-hybridized carbons (Fsp3) is 0.240. The molecule has 0 heterocycles. The van der Waals surface area contributed by atoms with Crippen molar-refractivity contribution in [2.75, 3.05) is 5.32 Å². The lowest BCUT2D eigenvalue weighted by atomic mass is 9.92. The van der Waals surface area contributed by atoms with Gasteiger partial charge in [-0.2, -0.15) is 0 Å². The molecule has 1 aliphatic carbocycles. The summed E-state index contributed by atoms with van der Waals surface area (Å²) < 4.78 is 11.8. The van der Waals surface area contributed by atoms with Crippen molar-refractivity contribution in [3.05, 3.63) is 83.9 Å². The SMILES string of the molecule is C[C@H](Oc1ccc2c(c1)CCCC2)C(=O)Nc1ccccc1Oc1ccccc1. The summed E-state index contributed by atoms with van der Waals surface area (Å²) in [5, 5.41) is 2.92. The Hall–Kier alpha value is -3.27. The van der Waals surface area contributed by atoms with Crippen LogP contribution >= 0.6 is 0 Å². The topological polar surface area (TPSA) is 47.6 Å². The lowest BCUT2D eigenvalue weighted by molar-refractivity contribution is -0.122. The standard InChI is InChI=1S/C25H25NO3/c1-18(28-22-16-15-19-9-5-6-10-20(19)17-22)25(27)26-23-13-7-8-14-24(23)29-21-11-3-2-4-12-21/h2-4,7-8,11-18H,5-6,9-10H2,1H3,(H,26,27)/t18-/m0/s1. The number of hydrogen-bond donors (Lipinski definition) is 1. The smallest absolute Gasteiger partial charge is 0.265 e. The molecule has 0 spiro atoms. The van der Waals surface area contributed by atoms with Crippen molar-refractivity contribution < 1.29 is 14.3 Å². The molecule has 3 aromatic rings. The Kier molecular flexibility index (Phi) is 5.80. The molecule has 4 nitrogen and oxygen atoms in total. The Balaban J connectivity index is 1.43. The molecule has 4 heteroatoms. The molecular formula is C25H25NO3. The van der Waals surface area contributed by atoms with E-state index in [1.54, 1.807) is 6.92 Å². The molecule has 0 unspecified atom stereocenters. The maximum Gasteiger partial charge on any atom is 0.265 e. The Labute approximate surface area is 171 Å². The normalized spacial score (nSPS) is 13.8. The van der Waals surface area contributed by atoms with E-state index in [1.165, 1.54) is 24.0 Å². The van der Waals surface area contributed by atoms with Crippen molar-refractivity contribution in [1.82, 2.24) is 0 Å². The Morgan fingerprint density at radius 3 is 2.41 bits per heavy atom. The van der Waals surface area contributed by atoms with Gasteiger partial charge in [0.2, 0.25) is 0 Å². The molecule has 0 radical (unpaired) electrons. The summed E-state index contributed by atoms with van der Waals surface area (Å²) >= 11 is 0. The molecule has 1 aliphatic rings. The number of nitrogens with one attached hydrogen (secondary N) is 1. The summed E-state index contributed by atoms with van der Waals surface area (Å²) in [5.41, 5.74) is 3.35. The van der Waals surface area contributed by atoms with Gasteiger partial charge in [-0.25, -0.2) is 0 Å². The highest BCUT2D eigenvalue weighted by atomic mass is 16.5. The van der Waals surface area contributed by atoms with Crippen molar-refractivity contribution in [1.29, 1.82) is 0 Å². The number of benzene rings is 3. The minimum atomic E-state index is -0.624. The number of para-hydroxylation sites is 3. The number of carbonyl (C=O) groups excluding carboxylic acids is 1. The molecule has 4 rings (SSSR count). The third-order valence-electron chi connectivity index (χ3n) is 5.12. The van der Waals surface area contributed by atoms with Crippen molar-refractivity contribution in [3.63, 3.8) is 0 Å². The zero-order valence-electron chi connectivity index (χ0n) is 16.6. The van der Waals surface area contributed by atoms with Crippen molar-refractivity contribution in [2.45, 2.75) is 38.7 Å². The number of hydrogen-bond acceptors (Lipinski definition) is 3. The molecule has 0 aromatic heterocycles. The van der Waals surface area contributed by atoms with Crippen LogP contribution in [0.4, 0.5) is 5.69 Å². The van der Waals surface area contributed by atoms with Crippen LogP contribution in [0.25, 0.3) is 0 Å². The average Bonchev–Trinajstić information content (AvgIpc) is 2.75. The molecule has 0 aliphatic heterocycles. The van der Waals surface area contributed by atoms with Crippen LogP contribution in [0.5, 0.6) is 17.2 Å². The first-order chi connectivity index (χ1) is 14.2. The predicted octanol–water partition coefficient (Wildman–Crippen LogP) is 5.76. The molecule has 0 saturated carbocycles. The second-order valence-corrected chi connectivity index (χ2v) is 7.30. The second-order valence-electron chi connectivity index (χ2n) is 7.30. The third-order valence-corrected chi connectivity index (χ3v) is 5.12. The van der Waals surface area contributed by atoms with Crippen LogP contribution in [-0.2, 0) is 17.6 Å². The zero-order chi connectivity index (χ0) is 20.1. The molecule has 0 fully saturated rings. The van der Waals surface area contributed by atoms with E-state index >= 15 is 0 Å². The van der Waals surface area contributed by atoms with E-state index < -0.39 is 6.10 Å². The Morgan fingerprint density at radius 2 is 1.59 bits per heavy atom. The quantitative estimate of drug-likeness (QED) is 0.585. The van der Waals surface area contributed by atoms with Gasteiger partial charge < -0.3 is 14.8 Å². The molecule has 148 valence electrons. The number of carbonyl (C=O) groups is 1. The summed E-state index contributed by atoms with van der Waals surface area (Å²) in [6.07, 6.45) is 4.05. The highest BCUT2D eigenvalue weighted by Gasteiger charge is 2.18.